The van der Waals surface area contributed by atoms with Crippen LogP contribution in [0.1, 0.15) is 73.3 Å². The molecular formula is C40H46ClN2O3+. The molecule has 0 saturated carbocycles. The highest BCUT2D eigenvalue weighted by Gasteiger charge is 2.32. The molecule has 0 spiro atoms. The maximum Gasteiger partial charge on any atom is 0.303 e. The van der Waals surface area contributed by atoms with Crippen molar-refractivity contribution >= 4 is 46.7 Å². The molecule has 2 aromatic heterocycles. The number of hydrogen-bond donors (Lipinski definition) is 1. The van der Waals surface area contributed by atoms with Crippen LogP contribution >= 0.6 is 12.4 Å². The van der Waals surface area contributed by atoms with Crippen LogP contribution in [0, 0.1) is 11.8 Å². The number of aliphatic carboxylic acids is 1. The summed E-state index contributed by atoms with van der Waals surface area (Å²) in [6, 6.07) is 33.6. The van der Waals surface area contributed by atoms with Gasteiger partial charge < -0.3 is 9.51 Å². The summed E-state index contributed by atoms with van der Waals surface area (Å²) in [6.07, 6.45) is 5.20. The predicted molar refractivity (Wildman–Crippen MR) is 192 cm³/mol. The van der Waals surface area contributed by atoms with E-state index in [2.05, 4.69) is 89.3 Å². The number of carboxylic acids is 1. The van der Waals surface area contributed by atoms with Gasteiger partial charge in [-0.25, -0.2) is 4.48 Å². The van der Waals surface area contributed by atoms with Crippen molar-refractivity contribution < 1.29 is 14.7 Å². The summed E-state index contributed by atoms with van der Waals surface area (Å²) in [5, 5.41) is 9.14. The molecule has 0 aliphatic carbocycles. The van der Waals surface area contributed by atoms with Crippen molar-refractivity contribution in [1.29, 1.82) is 0 Å². The van der Waals surface area contributed by atoms with Crippen LogP contribution < -0.4 is 4.48 Å². The normalized spacial score (nSPS) is 11.6. The summed E-state index contributed by atoms with van der Waals surface area (Å²) in [4.78, 5) is 25.3. The Morgan fingerprint density at radius 1 is 0.739 bits per heavy atom. The average Bonchev–Trinajstić information content (AvgIpc) is 3.39. The molecule has 0 radical (unpaired) electrons. The van der Waals surface area contributed by atoms with E-state index in [1.165, 1.54) is 11.1 Å². The first-order chi connectivity index (χ1) is 21.6. The van der Waals surface area contributed by atoms with Crippen molar-refractivity contribution in [3.05, 3.63) is 131 Å². The van der Waals surface area contributed by atoms with E-state index in [0.29, 0.717) is 40.3 Å². The van der Waals surface area contributed by atoms with Gasteiger partial charge >= 0.3 is 5.97 Å². The zero-order valence-corrected chi connectivity index (χ0v) is 28.4. The molecule has 1 N–H and O–H groups in total. The maximum absolute atomic E-state index is 14.2. The third kappa shape index (κ3) is 7.60. The molecule has 3 aromatic carbocycles. The van der Waals surface area contributed by atoms with Crippen molar-refractivity contribution in [3.63, 3.8) is 0 Å². The zero-order chi connectivity index (χ0) is 32.1. The molecule has 0 unspecified atom stereocenters. The number of carbonyl (C=O) groups is 2. The molecule has 6 heteroatoms. The SMILES string of the molecule is CC(C)Cc1ccc([N+](C)(c2ccc(CC(C)C)cc2)c2cccc(C(=O)c3cc(CCCC(=O)O)n4ccccc34)c2)cc1.Cl. The summed E-state index contributed by atoms with van der Waals surface area (Å²) in [6.45, 7) is 8.96. The topological polar surface area (TPSA) is 58.8 Å². The van der Waals surface area contributed by atoms with Crippen molar-refractivity contribution in [2.45, 2.75) is 59.8 Å². The van der Waals surface area contributed by atoms with E-state index in [0.717, 1.165) is 41.1 Å². The van der Waals surface area contributed by atoms with Gasteiger partial charge in [-0.05, 0) is 66.8 Å². The third-order valence-electron chi connectivity index (χ3n) is 8.64. The van der Waals surface area contributed by atoms with Crippen LogP contribution in [0.4, 0.5) is 17.1 Å². The Hall–Kier alpha value is -4.19. The fraction of sp³-hybridized carbons (Fsp3) is 0.300. The Labute approximate surface area is 279 Å². The molecular weight excluding hydrogens is 592 g/mol. The van der Waals surface area contributed by atoms with E-state index < -0.39 is 5.97 Å². The van der Waals surface area contributed by atoms with Crippen molar-refractivity contribution in [3.8, 4) is 0 Å². The molecule has 0 saturated heterocycles. The Kier molecular flexibility index (Phi) is 11.3. The molecule has 46 heavy (non-hydrogen) atoms. The van der Waals surface area contributed by atoms with Gasteiger partial charge in [0.15, 0.2) is 5.78 Å². The van der Waals surface area contributed by atoms with Crippen LogP contribution in [-0.4, -0.2) is 28.3 Å². The minimum atomic E-state index is -0.811. The molecule has 0 atom stereocenters. The van der Waals surface area contributed by atoms with Gasteiger partial charge in [-0.1, -0.05) is 70.2 Å². The maximum atomic E-state index is 14.2. The molecule has 240 valence electrons. The van der Waals surface area contributed by atoms with E-state index in [1.807, 2.05) is 53.1 Å². The summed E-state index contributed by atoms with van der Waals surface area (Å²) >= 11 is 0. The number of carbonyl (C=O) groups excluding carboxylic acids is 1. The quantitative estimate of drug-likeness (QED) is 0.103. The van der Waals surface area contributed by atoms with Crippen molar-refractivity contribution in [1.82, 2.24) is 8.88 Å². The van der Waals surface area contributed by atoms with Gasteiger partial charge in [0.2, 0.25) is 0 Å². The third-order valence-corrected chi connectivity index (χ3v) is 8.64. The number of ketones is 1. The van der Waals surface area contributed by atoms with Crippen molar-refractivity contribution in [2.75, 3.05) is 7.05 Å². The molecule has 0 aliphatic rings. The van der Waals surface area contributed by atoms with Gasteiger partial charge in [-0.2, -0.15) is 0 Å². The minimum Gasteiger partial charge on any atom is -0.481 e. The minimum absolute atomic E-state index is 0. The summed E-state index contributed by atoms with van der Waals surface area (Å²) in [7, 11) is 2.20. The lowest BCUT2D eigenvalue weighted by molar-refractivity contribution is -0.137. The second-order valence-corrected chi connectivity index (χ2v) is 13.2. The van der Waals surface area contributed by atoms with Crippen LogP contribution in [0.2, 0.25) is 0 Å². The first-order valence-corrected chi connectivity index (χ1v) is 16.1. The van der Waals surface area contributed by atoms with Gasteiger partial charge in [-0.3, -0.25) is 9.59 Å². The first kappa shape index (κ1) is 34.7. The highest BCUT2D eigenvalue weighted by Crippen LogP contribution is 2.42. The average molecular weight is 638 g/mol. The van der Waals surface area contributed by atoms with E-state index in [4.69, 9.17) is 5.11 Å². The lowest BCUT2D eigenvalue weighted by Crippen LogP contribution is -2.34. The number of carboxylic acid groups (broad SMARTS) is 1. The fourth-order valence-corrected chi connectivity index (χ4v) is 6.35. The van der Waals surface area contributed by atoms with Gasteiger partial charge in [0.1, 0.15) is 17.1 Å². The van der Waals surface area contributed by atoms with Crippen molar-refractivity contribution in [2.24, 2.45) is 11.8 Å². The molecule has 0 fully saturated rings. The summed E-state index contributed by atoms with van der Waals surface area (Å²) < 4.78 is 2.43. The van der Waals surface area contributed by atoms with E-state index >= 15 is 0 Å². The number of fused-ring (bicyclic) bond motifs is 1. The van der Waals surface area contributed by atoms with E-state index in [-0.39, 0.29) is 24.6 Å². The molecule has 5 rings (SSSR count). The molecule has 5 aromatic rings. The number of aromatic nitrogens is 1. The number of benzene rings is 3. The van der Waals surface area contributed by atoms with Crippen LogP contribution in [0.25, 0.3) is 5.52 Å². The largest absolute Gasteiger partial charge is 0.481 e. The van der Waals surface area contributed by atoms with E-state index in [9.17, 15) is 9.59 Å². The summed E-state index contributed by atoms with van der Waals surface area (Å²) in [5.41, 5.74) is 8.90. The van der Waals surface area contributed by atoms with Gasteiger partial charge in [0.05, 0.1) is 12.6 Å². The lowest BCUT2D eigenvalue weighted by atomic mass is 9.99. The molecule has 5 nitrogen and oxygen atoms in total. The number of rotatable bonds is 13. The predicted octanol–water partition coefficient (Wildman–Crippen LogP) is 10.00. The highest BCUT2D eigenvalue weighted by atomic mass is 35.5. The van der Waals surface area contributed by atoms with Gasteiger partial charge in [-0.15, -0.1) is 12.4 Å². The van der Waals surface area contributed by atoms with Crippen LogP contribution in [0.3, 0.4) is 0 Å². The standard InChI is InChI=1S/C40H44N2O3.ClH/c1-28(2)24-30-15-19-34(20-16-30)42(5,35-21-17-31(18-22-35)25-29(3)4)36-12-8-10-32(26-36)40(45)37-27-33(11-9-14-39(43)44)41-23-7-6-13-38(37)41;/h6-8,10,12-13,15-23,26-29H,9,11,14,24-25H2,1-5H3;1H/p+1. The second kappa shape index (κ2) is 14.9. The number of nitrogens with zero attached hydrogens (tertiary/aromatic N) is 2. The van der Waals surface area contributed by atoms with E-state index in [1.54, 1.807) is 0 Å². The molecule has 0 aliphatic heterocycles. The molecule has 0 amide bonds. The number of halogens is 1. The molecule has 2 heterocycles. The molecule has 0 bridgehead atoms. The van der Waals surface area contributed by atoms with Crippen LogP contribution in [-0.2, 0) is 24.1 Å². The monoisotopic (exact) mass is 637 g/mol. The van der Waals surface area contributed by atoms with Gasteiger partial charge in [0, 0.05) is 65.8 Å². The Balaban J connectivity index is 0.00000480. The highest BCUT2D eigenvalue weighted by molar-refractivity contribution is 6.14. The Morgan fingerprint density at radius 2 is 1.33 bits per heavy atom. The smallest absolute Gasteiger partial charge is 0.303 e. The first-order valence-electron chi connectivity index (χ1n) is 16.1. The number of pyridine rings is 1. The zero-order valence-electron chi connectivity index (χ0n) is 27.6. The second-order valence-electron chi connectivity index (χ2n) is 13.2. The lowest BCUT2D eigenvalue weighted by Gasteiger charge is -2.34. The Morgan fingerprint density at radius 3 is 1.87 bits per heavy atom. The summed E-state index contributed by atoms with van der Waals surface area (Å²) in [5.74, 6) is 0.303. The number of quaternary nitrogens is 1. The fourth-order valence-electron chi connectivity index (χ4n) is 6.35. The van der Waals surface area contributed by atoms with Crippen LogP contribution in [0.15, 0.2) is 103 Å². The Bertz CT molecular complexity index is 1730. The number of hydrogen-bond acceptors (Lipinski definition) is 2. The van der Waals surface area contributed by atoms with Crippen LogP contribution in [0.5, 0.6) is 0 Å². The van der Waals surface area contributed by atoms with Gasteiger partial charge in [0.25, 0.3) is 0 Å². The number of aryl methyl sites for hydroxylation is 1.